The Kier molecular flexibility index (Phi) is 5.24. The largest absolute Gasteiger partial charge is 0.472 e. The Morgan fingerprint density at radius 3 is 2.71 bits per heavy atom. The number of alkyl halides is 3. The van der Waals surface area contributed by atoms with Crippen LogP contribution in [0.5, 0.6) is 0 Å². The Balaban J connectivity index is 1.56. The fraction of sp³-hybridized carbons (Fsp3) is 0.350. The molecule has 1 aromatic heterocycles. The molecule has 31 heavy (non-hydrogen) atoms. The smallest absolute Gasteiger partial charge is 0.418 e. The summed E-state index contributed by atoms with van der Waals surface area (Å²) in [5.41, 5.74) is -1.48. The van der Waals surface area contributed by atoms with E-state index in [-0.39, 0.29) is 17.2 Å². The lowest BCUT2D eigenvalue weighted by atomic mass is 10.1. The Morgan fingerprint density at radius 2 is 2.03 bits per heavy atom. The first-order valence-electron chi connectivity index (χ1n) is 9.40. The summed E-state index contributed by atoms with van der Waals surface area (Å²) in [6.07, 6.45) is -1.43. The van der Waals surface area contributed by atoms with E-state index in [1.165, 1.54) is 41.3 Å². The van der Waals surface area contributed by atoms with Crippen molar-refractivity contribution in [2.24, 2.45) is 0 Å². The summed E-state index contributed by atoms with van der Waals surface area (Å²) in [5, 5.41) is 4.69. The Labute approximate surface area is 179 Å². The van der Waals surface area contributed by atoms with Crippen molar-refractivity contribution in [2.75, 3.05) is 16.4 Å². The summed E-state index contributed by atoms with van der Waals surface area (Å²) >= 11 is 1.45. The van der Waals surface area contributed by atoms with E-state index < -0.39 is 40.2 Å². The molecule has 0 aliphatic carbocycles. The number of amides is 3. The van der Waals surface area contributed by atoms with E-state index in [4.69, 9.17) is 4.42 Å². The second-order valence-electron chi connectivity index (χ2n) is 7.48. The topological polar surface area (TPSA) is 91.7 Å². The van der Waals surface area contributed by atoms with Gasteiger partial charge >= 0.3 is 6.18 Å². The van der Waals surface area contributed by atoms with Crippen molar-refractivity contribution < 1.29 is 32.0 Å². The predicted octanol–water partition coefficient (Wildman–Crippen LogP) is 3.94. The van der Waals surface area contributed by atoms with Crippen molar-refractivity contribution in [2.45, 2.75) is 36.9 Å². The molecule has 2 atom stereocenters. The summed E-state index contributed by atoms with van der Waals surface area (Å²) < 4.78 is 45.8. The molecule has 3 amide bonds. The molecular weight excluding hydrogens is 435 g/mol. The molecule has 0 bridgehead atoms. The van der Waals surface area contributed by atoms with Crippen LogP contribution in [-0.4, -0.2) is 39.3 Å². The lowest BCUT2D eigenvalue weighted by Crippen LogP contribution is -2.48. The number of halogens is 3. The molecule has 11 heteroatoms. The molecule has 4 rings (SSSR count). The number of nitrogens with zero attached hydrogens (tertiary/aromatic N) is 1. The number of thioether (sulfide) groups is 1. The monoisotopic (exact) mass is 453 g/mol. The summed E-state index contributed by atoms with van der Waals surface area (Å²) in [6, 6.07) is 3.63. The van der Waals surface area contributed by atoms with Crippen LogP contribution in [-0.2, 0) is 15.8 Å². The third-order valence-corrected chi connectivity index (χ3v) is 6.88. The number of hydrogen-bond acceptors (Lipinski definition) is 5. The van der Waals surface area contributed by atoms with Gasteiger partial charge in [0.2, 0.25) is 11.8 Å². The number of fused-ring (bicyclic) bond motifs is 1. The van der Waals surface area contributed by atoms with Crippen LogP contribution in [0.1, 0.15) is 35.7 Å². The van der Waals surface area contributed by atoms with Gasteiger partial charge < -0.3 is 20.0 Å². The van der Waals surface area contributed by atoms with Crippen LogP contribution in [0.3, 0.4) is 0 Å². The van der Waals surface area contributed by atoms with Gasteiger partial charge in [0.15, 0.2) is 0 Å². The normalized spacial score (nSPS) is 23.0. The molecule has 2 aromatic rings. The minimum absolute atomic E-state index is 0.0877. The SMILES string of the molecule is CC12CCC(=O)N1C(C(=O)Nc1ccc(NC(=O)c3ccoc3)cc1C(F)(F)F)CS2. The maximum absolute atomic E-state index is 13.7. The van der Waals surface area contributed by atoms with E-state index in [1.54, 1.807) is 0 Å². The second kappa shape index (κ2) is 7.63. The molecule has 0 radical (unpaired) electrons. The molecule has 7 nitrogen and oxygen atoms in total. The molecule has 2 aliphatic heterocycles. The Bertz CT molecular complexity index is 1040. The van der Waals surface area contributed by atoms with Gasteiger partial charge in [0.1, 0.15) is 12.3 Å². The molecule has 164 valence electrons. The van der Waals surface area contributed by atoms with Crippen LogP contribution >= 0.6 is 11.8 Å². The highest BCUT2D eigenvalue weighted by atomic mass is 32.2. The van der Waals surface area contributed by atoms with Crippen molar-refractivity contribution in [1.82, 2.24) is 4.90 Å². The zero-order valence-electron chi connectivity index (χ0n) is 16.3. The summed E-state index contributed by atoms with van der Waals surface area (Å²) in [7, 11) is 0. The zero-order valence-corrected chi connectivity index (χ0v) is 17.1. The molecule has 2 N–H and O–H groups in total. The van der Waals surface area contributed by atoms with Gasteiger partial charge in [-0.25, -0.2) is 0 Å². The number of nitrogens with one attached hydrogen (secondary N) is 2. The van der Waals surface area contributed by atoms with Gasteiger partial charge in [-0.2, -0.15) is 13.2 Å². The van der Waals surface area contributed by atoms with Crippen LogP contribution in [0, 0.1) is 0 Å². The lowest BCUT2D eigenvalue weighted by molar-refractivity contribution is -0.138. The van der Waals surface area contributed by atoms with Crippen molar-refractivity contribution in [3.63, 3.8) is 0 Å². The molecule has 2 unspecified atom stereocenters. The highest BCUT2D eigenvalue weighted by molar-refractivity contribution is 8.01. The Morgan fingerprint density at radius 1 is 1.26 bits per heavy atom. The molecule has 0 spiro atoms. The van der Waals surface area contributed by atoms with Crippen LogP contribution < -0.4 is 10.6 Å². The van der Waals surface area contributed by atoms with Crippen molar-refractivity contribution in [1.29, 1.82) is 0 Å². The zero-order chi connectivity index (χ0) is 22.4. The molecule has 2 saturated heterocycles. The number of anilines is 2. The highest BCUT2D eigenvalue weighted by Crippen LogP contribution is 2.47. The van der Waals surface area contributed by atoms with Crippen LogP contribution in [0.25, 0.3) is 0 Å². The van der Waals surface area contributed by atoms with E-state index in [0.29, 0.717) is 18.6 Å². The van der Waals surface area contributed by atoms with Gasteiger partial charge in [0.05, 0.1) is 27.9 Å². The average molecular weight is 453 g/mol. The number of hydrogen-bond donors (Lipinski definition) is 2. The van der Waals surface area contributed by atoms with Gasteiger partial charge in [-0.3, -0.25) is 14.4 Å². The van der Waals surface area contributed by atoms with E-state index >= 15 is 0 Å². The van der Waals surface area contributed by atoms with E-state index in [1.807, 2.05) is 6.92 Å². The second-order valence-corrected chi connectivity index (χ2v) is 8.98. The maximum atomic E-state index is 13.7. The fourth-order valence-electron chi connectivity index (χ4n) is 3.79. The van der Waals surface area contributed by atoms with Gasteiger partial charge in [-0.15, -0.1) is 11.8 Å². The van der Waals surface area contributed by atoms with Crippen molar-refractivity contribution >= 4 is 40.9 Å². The first-order chi connectivity index (χ1) is 14.6. The van der Waals surface area contributed by atoms with Crippen LogP contribution in [0.15, 0.2) is 41.2 Å². The number of benzene rings is 1. The quantitative estimate of drug-likeness (QED) is 0.732. The van der Waals surface area contributed by atoms with Crippen LogP contribution in [0.4, 0.5) is 24.5 Å². The molecule has 1 aromatic carbocycles. The summed E-state index contributed by atoms with van der Waals surface area (Å²) in [5.74, 6) is -1.17. The first kappa shape index (κ1) is 21.3. The highest BCUT2D eigenvalue weighted by Gasteiger charge is 2.53. The Hall–Kier alpha value is -2.95. The van der Waals surface area contributed by atoms with E-state index in [0.717, 1.165) is 12.1 Å². The summed E-state index contributed by atoms with van der Waals surface area (Å²) in [6.45, 7) is 1.86. The fourth-order valence-corrected chi connectivity index (χ4v) is 5.23. The van der Waals surface area contributed by atoms with Gasteiger partial charge in [-0.1, -0.05) is 0 Å². The molecule has 0 saturated carbocycles. The minimum Gasteiger partial charge on any atom is -0.472 e. The first-order valence-corrected chi connectivity index (χ1v) is 10.4. The average Bonchev–Trinajstić information content (AvgIpc) is 3.40. The lowest BCUT2D eigenvalue weighted by Gasteiger charge is -2.30. The molecular formula is C20H18F3N3O4S. The van der Waals surface area contributed by atoms with Gasteiger partial charge in [0.25, 0.3) is 5.91 Å². The van der Waals surface area contributed by atoms with Crippen LogP contribution in [0.2, 0.25) is 0 Å². The van der Waals surface area contributed by atoms with Crippen molar-refractivity contribution in [3.05, 3.63) is 47.9 Å². The number of furan rings is 1. The standard InChI is InChI=1S/C20H18F3N3O4S/c1-19-6-4-16(27)26(19)15(10-31-19)18(29)25-14-3-2-12(8-13(14)20(21,22)23)24-17(28)11-5-7-30-9-11/h2-3,5,7-9,15H,4,6,10H2,1H3,(H,24,28)(H,25,29). The molecule has 2 aliphatic rings. The number of carbonyl (C=O) groups is 3. The van der Waals surface area contributed by atoms with Crippen molar-refractivity contribution in [3.8, 4) is 0 Å². The third kappa shape index (κ3) is 4.01. The summed E-state index contributed by atoms with van der Waals surface area (Å²) in [4.78, 5) is 38.0. The third-order valence-electron chi connectivity index (χ3n) is 5.37. The van der Waals surface area contributed by atoms with Gasteiger partial charge in [-0.05, 0) is 37.6 Å². The van der Waals surface area contributed by atoms with E-state index in [2.05, 4.69) is 10.6 Å². The minimum atomic E-state index is -4.78. The number of carbonyl (C=O) groups excluding carboxylic acids is 3. The van der Waals surface area contributed by atoms with E-state index in [9.17, 15) is 27.6 Å². The molecule has 2 fully saturated rings. The number of rotatable bonds is 4. The predicted molar refractivity (Wildman–Crippen MR) is 107 cm³/mol. The molecule has 3 heterocycles. The maximum Gasteiger partial charge on any atom is 0.418 e. The van der Waals surface area contributed by atoms with Gasteiger partial charge in [0, 0.05) is 17.9 Å².